The van der Waals surface area contributed by atoms with Crippen molar-refractivity contribution in [3.8, 4) is 0 Å². The molecule has 9 nitrogen and oxygen atoms in total. The summed E-state index contributed by atoms with van der Waals surface area (Å²) in [6.45, 7) is 3.09. The minimum atomic E-state index is -0.969. The third kappa shape index (κ3) is 4.16. The molecule has 0 saturated heterocycles. The highest BCUT2D eigenvalue weighted by molar-refractivity contribution is 7.20. The van der Waals surface area contributed by atoms with Crippen LogP contribution in [-0.2, 0) is 25.5 Å². The molecule has 0 bridgehead atoms. The Hall–Kier alpha value is -2.75. The second-order valence-electron chi connectivity index (χ2n) is 6.32. The van der Waals surface area contributed by atoms with Crippen molar-refractivity contribution < 1.29 is 23.9 Å². The number of methoxy groups -OCH3 is 1. The van der Waals surface area contributed by atoms with Crippen LogP contribution in [0.25, 0.3) is 10.2 Å². The number of ether oxygens (including phenoxy) is 2. The van der Waals surface area contributed by atoms with Crippen molar-refractivity contribution >= 4 is 39.4 Å². The van der Waals surface area contributed by atoms with Gasteiger partial charge in [-0.1, -0.05) is 0 Å². The van der Waals surface area contributed by atoms with Gasteiger partial charge in [-0.2, -0.15) is 0 Å². The highest BCUT2D eigenvalue weighted by atomic mass is 32.1. The van der Waals surface area contributed by atoms with Crippen LogP contribution in [0.1, 0.15) is 40.8 Å². The molecule has 2 N–H and O–H groups in total. The van der Waals surface area contributed by atoms with Crippen LogP contribution in [0.4, 0.5) is 0 Å². The Labute approximate surface area is 158 Å². The van der Waals surface area contributed by atoms with Crippen molar-refractivity contribution in [3.63, 3.8) is 0 Å². The lowest BCUT2D eigenvalue weighted by molar-refractivity contribution is -0.154. The molecule has 1 atom stereocenters. The molecular weight excluding hydrogens is 374 g/mol. The number of esters is 2. The fourth-order valence-electron chi connectivity index (χ4n) is 2.58. The van der Waals surface area contributed by atoms with E-state index in [1.165, 1.54) is 14.0 Å². The maximum absolute atomic E-state index is 12.3. The van der Waals surface area contributed by atoms with Gasteiger partial charge in [-0.25, -0.2) is 9.78 Å². The molecule has 1 fully saturated rings. The van der Waals surface area contributed by atoms with Gasteiger partial charge in [-0.15, -0.1) is 11.3 Å². The molecule has 10 heteroatoms. The molecular formula is C17H19N3O6S. The molecule has 27 heavy (non-hydrogen) atoms. The number of amides is 1. The third-order valence-corrected chi connectivity index (χ3v) is 5.18. The number of aromatic amines is 1. The zero-order chi connectivity index (χ0) is 19.7. The first-order chi connectivity index (χ1) is 12.8. The van der Waals surface area contributed by atoms with Crippen LogP contribution >= 0.6 is 11.3 Å². The smallest absolute Gasteiger partial charge is 0.348 e. The average molecular weight is 393 g/mol. The number of fused-ring (bicyclic) bond motifs is 1. The van der Waals surface area contributed by atoms with Crippen LogP contribution in [0.15, 0.2) is 4.79 Å². The minimum Gasteiger partial charge on any atom is -0.465 e. The summed E-state index contributed by atoms with van der Waals surface area (Å²) in [5.74, 6) is -1.37. The summed E-state index contributed by atoms with van der Waals surface area (Å²) >= 11 is 0.976. The van der Waals surface area contributed by atoms with Crippen LogP contribution in [-0.4, -0.2) is 47.1 Å². The van der Waals surface area contributed by atoms with Gasteiger partial charge in [0.05, 0.1) is 18.9 Å². The first kappa shape index (κ1) is 19.0. The van der Waals surface area contributed by atoms with Gasteiger partial charge in [0.25, 0.3) is 11.5 Å². The summed E-state index contributed by atoms with van der Waals surface area (Å²) in [5.41, 5.74) is -0.262. The average Bonchev–Trinajstić information content (AvgIpc) is 3.34. The first-order valence-corrected chi connectivity index (χ1v) is 9.22. The minimum absolute atomic E-state index is 0.114. The van der Waals surface area contributed by atoms with Crippen molar-refractivity contribution in [1.82, 2.24) is 15.3 Å². The predicted octanol–water partition coefficient (Wildman–Crippen LogP) is 0.832. The monoisotopic (exact) mass is 393 g/mol. The summed E-state index contributed by atoms with van der Waals surface area (Å²) < 4.78 is 9.91. The number of carbonyl (C=O) groups excluding carboxylic acids is 3. The van der Waals surface area contributed by atoms with Gasteiger partial charge in [-0.05, 0) is 26.7 Å². The lowest BCUT2D eigenvalue weighted by atomic mass is 10.1. The summed E-state index contributed by atoms with van der Waals surface area (Å²) in [6, 6.07) is 0.151. The number of carbonyl (C=O) groups is 3. The van der Waals surface area contributed by atoms with Gasteiger partial charge in [0.2, 0.25) is 0 Å². The molecule has 2 aromatic heterocycles. The molecule has 2 heterocycles. The molecule has 0 aromatic carbocycles. The Morgan fingerprint density at radius 3 is 2.70 bits per heavy atom. The van der Waals surface area contributed by atoms with Gasteiger partial charge in [0.1, 0.15) is 15.5 Å². The Morgan fingerprint density at radius 2 is 2.07 bits per heavy atom. The van der Waals surface area contributed by atoms with Crippen molar-refractivity contribution in [1.29, 1.82) is 0 Å². The molecule has 2 aromatic rings. The molecule has 0 radical (unpaired) electrons. The number of nitrogens with one attached hydrogen (secondary N) is 2. The molecule has 3 rings (SSSR count). The van der Waals surface area contributed by atoms with Gasteiger partial charge < -0.3 is 19.8 Å². The topological polar surface area (TPSA) is 127 Å². The molecule has 0 unspecified atom stereocenters. The van der Waals surface area contributed by atoms with Crippen LogP contribution in [0, 0.1) is 6.92 Å². The summed E-state index contributed by atoms with van der Waals surface area (Å²) in [6.07, 6.45) is 0.526. The van der Waals surface area contributed by atoms with Crippen molar-refractivity contribution in [2.75, 3.05) is 7.11 Å². The number of nitrogens with zero attached hydrogens (tertiary/aromatic N) is 1. The van der Waals surface area contributed by atoms with E-state index in [1.54, 1.807) is 6.92 Å². The zero-order valence-electron chi connectivity index (χ0n) is 15.1. The van der Waals surface area contributed by atoms with E-state index in [0.29, 0.717) is 10.7 Å². The number of hydrogen-bond acceptors (Lipinski definition) is 8. The second kappa shape index (κ2) is 7.47. The van der Waals surface area contributed by atoms with E-state index in [9.17, 15) is 19.2 Å². The van der Waals surface area contributed by atoms with E-state index >= 15 is 0 Å². The Kier molecular flexibility index (Phi) is 5.26. The number of aryl methyl sites for hydroxylation is 1. The van der Waals surface area contributed by atoms with Gasteiger partial charge >= 0.3 is 11.9 Å². The maximum Gasteiger partial charge on any atom is 0.348 e. The summed E-state index contributed by atoms with van der Waals surface area (Å²) in [7, 11) is 1.21. The van der Waals surface area contributed by atoms with Crippen LogP contribution < -0.4 is 10.9 Å². The normalized spacial score (nSPS) is 14.6. The van der Waals surface area contributed by atoms with E-state index in [2.05, 4.69) is 15.3 Å². The summed E-state index contributed by atoms with van der Waals surface area (Å²) in [5, 5.41) is 2.90. The van der Waals surface area contributed by atoms with E-state index in [0.717, 1.165) is 24.2 Å². The standard InChI is InChI=1S/C17H19N3O6S/c1-7(14(22)20-9-4-5-9)26-11(21)6-10-12-15(23)18-8(2)19-16(12)27-13(10)17(24)25-3/h7,9H,4-6H2,1-3H3,(H,20,22)(H,18,19,23)/t7-/m1/s1. The fourth-order valence-corrected chi connectivity index (χ4v) is 3.74. The van der Waals surface area contributed by atoms with Gasteiger partial charge in [0, 0.05) is 11.6 Å². The largest absolute Gasteiger partial charge is 0.465 e. The molecule has 0 aliphatic heterocycles. The zero-order valence-corrected chi connectivity index (χ0v) is 15.9. The van der Waals surface area contributed by atoms with Crippen molar-refractivity contribution in [3.05, 3.63) is 26.6 Å². The van der Waals surface area contributed by atoms with E-state index < -0.39 is 23.6 Å². The quantitative estimate of drug-likeness (QED) is 0.696. The van der Waals surface area contributed by atoms with E-state index in [1.807, 2.05) is 0 Å². The number of hydrogen-bond donors (Lipinski definition) is 2. The van der Waals surface area contributed by atoms with Crippen LogP contribution in [0.5, 0.6) is 0 Å². The second-order valence-corrected chi connectivity index (χ2v) is 7.32. The van der Waals surface area contributed by atoms with Gasteiger partial charge in [0.15, 0.2) is 6.10 Å². The van der Waals surface area contributed by atoms with Crippen LogP contribution in [0.3, 0.4) is 0 Å². The Morgan fingerprint density at radius 1 is 1.37 bits per heavy atom. The Balaban J connectivity index is 1.86. The molecule has 1 amide bonds. The van der Waals surface area contributed by atoms with Crippen molar-refractivity contribution in [2.24, 2.45) is 0 Å². The van der Waals surface area contributed by atoms with Crippen molar-refractivity contribution in [2.45, 2.75) is 45.3 Å². The van der Waals surface area contributed by atoms with E-state index in [4.69, 9.17) is 9.47 Å². The van der Waals surface area contributed by atoms with Gasteiger partial charge in [-0.3, -0.25) is 14.4 Å². The number of aromatic nitrogens is 2. The number of H-pyrrole nitrogens is 1. The lowest BCUT2D eigenvalue weighted by Gasteiger charge is -2.13. The SMILES string of the molecule is COC(=O)c1sc2nc(C)[nH]c(=O)c2c1CC(=O)O[C@H](C)C(=O)NC1CC1. The highest BCUT2D eigenvalue weighted by Crippen LogP contribution is 2.29. The van der Waals surface area contributed by atoms with Crippen LogP contribution in [0.2, 0.25) is 0 Å². The molecule has 144 valence electrons. The third-order valence-electron chi connectivity index (χ3n) is 4.07. The Bertz CT molecular complexity index is 975. The molecule has 1 saturated carbocycles. The number of rotatable bonds is 6. The molecule has 1 aliphatic carbocycles. The fraction of sp³-hybridized carbons (Fsp3) is 0.471. The summed E-state index contributed by atoms with van der Waals surface area (Å²) in [4.78, 5) is 55.9. The molecule has 1 aliphatic rings. The maximum atomic E-state index is 12.3. The highest BCUT2D eigenvalue weighted by Gasteiger charge is 2.29. The lowest BCUT2D eigenvalue weighted by Crippen LogP contribution is -2.37. The number of thiophene rings is 1. The van der Waals surface area contributed by atoms with E-state index in [-0.39, 0.29) is 34.2 Å². The first-order valence-electron chi connectivity index (χ1n) is 8.40. The predicted molar refractivity (Wildman–Crippen MR) is 96.7 cm³/mol. The molecule has 0 spiro atoms.